The molecule has 1 heterocycles. The van der Waals surface area contributed by atoms with Crippen LogP contribution in [0.5, 0.6) is 0 Å². The molecule has 0 bridgehead atoms. The number of nitrogens with two attached hydrogens (primary N) is 1. The van der Waals surface area contributed by atoms with Crippen LogP contribution in [0, 0.1) is 0 Å². The van der Waals surface area contributed by atoms with E-state index in [1.54, 1.807) is 4.90 Å². The van der Waals surface area contributed by atoms with Crippen LogP contribution in [0.4, 0.5) is 0 Å². The number of benzene rings is 1. The lowest BCUT2D eigenvalue weighted by atomic mass is 10.1. The van der Waals surface area contributed by atoms with Crippen molar-refractivity contribution in [3.63, 3.8) is 0 Å². The summed E-state index contributed by atoms with van der Waals surface area (Å²) in [7, 11) is 0. The first kappa shape index (κ1) is 14.9. The van der Waals surface area contributed by atoms with E-state index in [9.17, 15) is 9.59 Å². The van der Waals surface area contributed by atoms with Crippen molar-refractivity contribution in [3.8, 4) is 0 Å². The third-order valence-electron chi connectivity index (χ3n) is 3.26. The zero-order chi connectivity index (χ0) is 14.5. The summed E-state index contributed by atoms with van der Waals surface area (Å²) in [6.45, 7) is 1.21. The van der Waals surface area contributed by atoms with Gasteiger partial charge in [0.05, 0.1) is 12.5 Å². The molecule has 0 aromatic heterocycles. The van der Waals surface area contributed by atoms with Crippen molar-refractivity contribution in [3.05, 3.63) is 35.9 Å². The average molecular weight is 294 g/mol. The maximum atomic E-state index is 12.1. The molecule has 0 aliphatic carbocycles. The Morgan fingerprint density at radius 1 is 1.40 bits per heavy atom. The number of rotatable bonds is 4. The summed E-state index contributed by atoms with van der Waals surface area (Å²) in [4.78, 5) is 24.4. The Morgan fingerprint density at radius 2 is 2.10 bits per heavy atom. The summed E-state index contributed by atoms with van der Waals surface area (Å²) in [6, 6.07) is 9.06. The van der Waals surface area contributed by atoms with E-state index in [-0.39, 0.29) is 17.6 Å². The summed E-state index contributed by atoms with van der Waals surface area (Å²) >= 11 is 1.81. The van der Waals surface area contributed by atoms with Crippen molar-refractivity contribution in [2.45, 2.75) is 17.7 Å². The molecular weight excluding hydrogens is 276 g/mol. The van der Waals surface area contributed by atoms with E-state index in [2.05, 4.69) is 0 Å². The molecule has 0 spiro atoms. The predicted molar refractivity (Wildman–Crippen MR) is 78.4 cm³/mol. The maximum absolute atomic E-state index is 12.1. The normalized spacial score (nSPS) is 20.4. The van der Waals surface area contributed by atoms with Gasteiger partial charge in [-0.15, -0.1) is 0 Å². The van der Waals surface area contributed by atoms with Crippen molar-refractivity contribution in [2.24, 2.45) is 5.73 Å². The number of hydrogen-bond acceptors (Lipinski definition) is 4. The molecule has 20 heavy (non-hydrogen) atoms. The highest BCUT2D eigenvalue weighted by molar-refractivity contribution is 7.99. The second kappa shape index (κ2) is 6.76. The fraction of sp³-hybridized carbons (Fsp3) is 0.429. The van der Waals surface area contributed by atoms with Gasteiger partial charge in [0.25, 0.3) is 0 Å². The molecule has 1 aromatic carbocycles. The summed E-state index contributed by atoms with van der Waals surface area (Å²) in [5.74, 6) is -0.476. The number of carboxylic acids is 1. The van der Waals surface area contributed by atoms with Crippen LogP contribution >= 0.6 is 11.8 Å². The number of carbonyl (C=O) groups excluding carboxylic acids is 1. The Hall–Kier alpha value is -1.53. The van der Waals surface area contributed by atoms with E-state index < -0.39 is 12.0 Å². The molecule has 0 saturated carbocycles. The smallest absolute Gasteiger partial charge is 0.305 e. The van der Waals surface area contributed by atoms with Gasteiger partial charge in [-0.25, -0.2) is 0 Å². The van der Waals surface area contributed by atoms with Crippen molar-refractivity contribution in [1.29, 1.82) is 0 Å². The SMILES string of the molecule is N[C@@H](CC(=O)O)C(=O)N1CCSC(c2ccccc2)C1. The van der Waals surface area contributed by atoms with Gasteiger partial charge in [-0.05, 0) is 5.56 Å². The average Bonchev–Trinajstić information content (AvgIpc) is 2.47. The van der Waals surface area contributed by atoms with Crippen LogP contribution in [0.3, 0.4) is 0 Å². The molecule has 6 heteroatoms. The Morgan fingerprint density at radius 3 is 2.75 bits per heavy atom. The number of carboxylic acid groups (broad SMARTS) is 1. The molecule has 2 rings (SSSR count). The van der Waals surface area contributed by atoms with Crippen molar-refractivity contribution < 1.29 is 14.7 Å². The van der Waals surface area contributed by atoms with Gasteiger partial charge in [-0.1, -0.05) is 30.3 Å². The molecule has 1 fully saturated rings. The molecule has 5 nitrogen and oxygen atoms in total. The molecule has 1 aliphatic heterocycles. The van der Waals surface area contributed by atoms with Gasteiger partial charge in [0.2, 0.25) is 5.91 Å². The maximum Gasteiger partial charge on any atom is 0.305 e. The third kappa shape index (κ3) is 3.74. The number of carbonyl (C=O) groups is 2. The third-order valence-corrected chi connectivity index (χ3v) is 4.50. The highest BCUT2D eigenvalue weighted by Crippen LogP contribution is 2.33. The van der Waals surface area contributed by atoms with Crippen LogP contribution in [0.1, 0.15) is 17.2 Å². The number of thioether (sulfide) groups is 1. The van der Waals surface area contributed by atoms with Crippen molar-refractivity contribution in [2.75, 3.05) is 18.8 Å². The van der Waals surface area contributed by atoms with Gasteiger partial charge in [-0.3, -0.25) is 9.59 Å². The van der Waals surface area contributed by atoms with E-state index in [0.717, 1.165) is 5.75 Å². The fourth-order valence-corrected chi connectivity index (χ4v) is 3.47. The molecular formula is C14H18N2O3S. The molecule has 2 atom stereocenters. The first-order chi connectivity index (χ1) is 9.58. The van der Waals surface area contributed by atoms with Gasteiger partial charge >= 0.3 is 5.97 Å². The van der Waals surface area contributed by atoms with Crippen LogP contribution in [0.2, 0.25) is 0 Å². The minimum absolute atomic E-state index is 0.228. The number of hydrogen-bond donors (Lipinski definition) is 2. The zero-order valence-corrected chi connectivity index (χ0v) is 11.9. The van der Waals surface area contributed by atoms with Crippen LogP contribution in [-0.4, -0.2) is 46.8 Å². The molecule has 3 N–H and O–H groups in total. The second-order valence-corrected chi connectivity index (χ2v) is 6.07. The lowest BCUT2D eigenvalue weighted by molar-refractivity contribution is -0.142. The molecule has 1 aromatic rings. The number of aliphatic carboxylic acids is 1. The molecule has 108 valence electrons. The number of amides is 1. The Labute approximate surface area is 122 Å². The van der Waals surface area contributed by atoms with Crippen LogP contribution in [-0.2, 0) is 9.59 Å². The minimum Gasteiger partial charge on any atom is -0.481 e. The largest absolute Gasteiger partial charge is 0.481 e. The molecule has 1 aliphatic rings. The number of nitrogens with zero attached hydrogens (tertiary/aromatic N) is 1. The summed E-state index contributed by atoms with van der Waals surface area (Å²) in [6.07, 6.45) is -0.321. The van der Waals surface area contributed by atoms with Gasteiger partial charge in [-0.2, -0.15) is 11.8 Å². The Balaban J connectivity index is 2.00. The topological polar surface area (TPSA) is 83.6 Å². The molecule has 1 unspecified atom stereocenters. The second-order valence-electron chi connectivity index (χ2n) is 4.76. The van der Waals surface area contributed by atoms with Gasteiger partial charge in [0.15, 0.2) is 0 Å². The first-order valence-corrected chi connectivity index (χ1v) is 7.55. The predicted octanol–water partition coefficient (Wildman–Crippen LogP) is 1.11. The summed E-state index contributed by atoms with van der Waals surface area (Å²) in [5, 5.41) is 8.93. The van der Waals surface area contributed by atoms with Gasteiger partial charge in [0.1, 0.15) is 0 Å². The van der Waals surface area contributed by atoms with Gasteiger partial charge < -0.3 is 15.7 Å². The van der Waals surface area contributed by atoms with E-state index in [1.807, 2.05) is 42.1 Å². The lowest BCUT2D eigenvalue weighted by Gasteiger charge is -2.34. The molecule has 1 saturated heterocycles. The quantitative estimate of drug-likeness (QED) is 0.869. The monoisotopic (exact) mass is 294 g/mol. The van der Waals surface area contributed by atoms with E-state index in [1.165, 1.54) is 5.56 Å². The standard InChI is InChI=1S/C14H18N2O3S/c15-11(8-13(17)18)14(19)16-6-7-20-12(9-16)10-4-2-1-3-5-10/h1-5,11-12H,6-9,15H2,(H,17,18)/t11-,12?/m0/s1. The van der Waals surface area contributed by atoms with Gasteiger partial charge in [0, 0.05) is 24.1 Å². The van der Waals surface area contributed by atoms with Crippen LogP contribution < -0.4 is 5.73 Å². The van der Waals surface area contributed by atoms with Crippen LogP contribution in [0.25, 0.3) is 0 Å². The molecule has 0 radical (unpaired) electrons. The lowest BCUT2D eigenvalue weighted by Crippen LogP contribution is -2.48. The highest BCUT2D eigenvalue weighted by Gasteiger charge is 2.29. The summed E-state index contributed by atoms with van der Waals surface area (Å²) < 4.78 is 0. The zero-order valence-electron chi connectivity index (χ0n) is 11.1. The fourth-order valence-electron chi connectivity index (χ4n) is 2.23. The summed E-state index contributed by atoms with van der Waals surface area (Å²) in [5.41, 5.74) is 6.84. The van der Waals surface area contributed by atoms with Crippen LogP contribution in [0.15, 0.2) is 30.3 Å². The molecule has 1 amide bonds. The van der Waals surface area contributed by atoms with Crippen molar-refractivity contribution in [1.82, 2.24) is 4.90 Å². The van der Waals surface area contributed by atoms with E-state index >= 15 is 0 Å². The van der Waals surface area contributed by atoms with E-state index in [4.69, 9.17) is 10.8 Å². The minimum atomic E-state index is -1.04. The Kier molecular flexibility index (Phi) is 5.03. The highest BCUT2D eigenvalue weighted by atomic mass is 32.2. The van der Waals surface area contributed by atoms with Crippen molar-refractivity contribution >= 4 is 23.6 Å². The van der Waals surface area contributed by atoms with E-state index in [0.29, 0.717) is 13.1 Å². The Bertz CT molecular complexity index is 481. The first-order valence-electron chi connectivity index (χ1n) is 6.50.